The van der Waals surface area contributed by atoms with E-state index in [1.807, 2.05) is 9.80 Å². The minimum Gasteiger partial charge on any atom is -0.341 e. The molecule has 2 saturated heterocycles. The lowest BCUT2D eigenvalue weighted by Gasteiger charge is -2.38. The average Bonchev–Trinajstić information content (AvgIpc) is 3.10. The van der Waals surface area contributed by atoms with Gasteiger partial charge in [0.15, 0.2) is 0 Å². The number of likely N-dealkylation sites (tertiary alicyclic amines) is 1. The SMILES string of the molecule is CC1CC(C)CN(C(=O)CN2CCN(C(=O)c3csc(CN)n3)CC2)C1. The molecule has 2 amide bonds. The van der Waals surface area contributed by atoms with Crippen LogP contribution >= 0.6 is 11.3 Å². The topological polar surface area (TPSA) is 82.8 Å². The Morgan fingerprint density at radius 2 is 1.81 bits per heavy atom. The van der Waals surface area contributed by atoms with E-state index in [-0.39, 0.29) is 11.8 Å². The summed E-state index contributed by atoms with van der Waals surface area (Å²) >= 11 is 1.42. The molecule has 2 aliphatic heterocycles. The fraction of sp³-hybridized carbons (Fsp3) is 0.722. The van der Waals surface area contributed by atoms with Crippen molar-refractivity contribution in [3.63, 3.8) is 0 Å². The van der Waals surface area contributed by atoms with Crippen molar-refractivity contribution in [1.29, 1.82) is 0 Å². The number of amides is 2. The summed E-state index contributed by atoms with van der Waals surface area (Å²) in [7, 11) is 0. The van der Waals surface area contributed by atoms with Crippen LogP contribution in [0.1, 0.15) is 35.8 Å². The average molecular weight is 380 g/mol. The van der Waals surface area contributed by atoms with Crippen LogP contribution in [-0.2, 0) is 11.3 Å². The summed E-state index contributed by atoms with van der Waals surface area (Å²) in [4.78, 5) is 35.4. The number of piperazine rings is 1. The van der Waals surface area contributed by atoms with Crippen LogP contribution in [0.15, 0.2) is 5.38 Å². The molecule has 2 unspecified atom stereocenters. The molecule has 3 rings (SSSR count). The maximum atomic E-state index is 12.6. The van der Waals surface area contributed by atoms with Crippen molar-refractivity contribution in [2.45, 2.75) is 26.8 Å². The summed E-state index contributed by atoms with van der Waals surface area (Å²) in [5.41, 5.74) is 6.05. The highest BCUT2D eigenvalue weighted by Gasteiger charge is 2.29. The van der Waals surface area contributed by atoms with Gasteiger partial charge in [0.25, 0.3) is 5.91 Å². The molecule has 1 aromatic rings. The lowest BCUT2D eigenvalue weighted by Crippen LogP contribution is -2.53. The third-order valence-corrected chi connectivity index (χ3v) is 6.06. The van der Waals surface area contributed by atoms with Gasteiger partial charge in [-0.1, -0.05) is 13.8 Å². The van der Waals surface area contributed by atoms with Crippen molar-refractivity contribution >= 4 is 23.2 Å². The summed E-state index contributed by atoms with van der Waals surface area (Å²) in [6, 6.07) is 0. The van der Waals surface area contributed by atoms with Crippen LogP contribution in [0.3, 0.4) is 0 Å². The first-order valence-electron chi connectivity index (χ1n) is 9.40. The number of carbonyl (C=O) groups is 2. The first-order valence-corrected chi connectivity index (χ1v) is 10.3. The van der Waals surface area contributed by atoms with E-state index in [1.165, 1.54) is 17.8 Å². The monoisotopic (exact) mass is 379 g/mol. The van der Waals surface area contributed by atoms with E-state index < -0.39 is 0 Å². The van der Waals surface area contributed by atoms with Gasteiger partial charge in [-0.05, 0) is 18.3 Å². The van der Waals surface area contributed by atoms with Crippen LogP contribution in [0.4, 0.5) is 0 Å². The van der Waals surface area contributed by atoms with Crippen LogP contribution in [0.2, 0.25) is 0 Å². The number of hydrogen-bond acceptors (Lipinski definition) is 6. The Bertz CT molecular complexity index is 631. The van der Waals surface area contributed by atoms with E-state index in [2.05, 4.69) is 23.7 Å². The van der Waals surface area contributed by atoms with Crippen molar-refractivity contribution in [2.75, 3.05) is 45.8 Å². The fourth-order valence-electron chi connectivity index (χ4n) is 3.93. The molecular formula is C18H29N5O2S. The van der Waals surface area contributed by atoms with Crippen LogP contribution < -0.4 is 5.73 Å². The Labute approximate surface area is 159 Å². The minimum absolute atomic E-state index is 0.0365. The number of nitrogens with two attached hydrogens (primary N) is 1. The standard InChI is InChI=1S/C18H29N5O2S/c1-13-7-14(2)10-23(9-13)17(24)11-21-3-5-22(6-4-21)18(25)15-12-26-16(8-19)20-15/h12-14H,3-11,19H2,1-2H3. The Hall–Kier alpha value is -1.51. The van der Waals surface area contributed by atoms with Crippen LogP contribution in [0.5, 0.6) is 0 Å². The molecule has 2 fully saturated rings. The second kappa shape index (κ2) is 8.45. The Morgan fingerprint density at radius 3 is 2.38 bits per heavy atom. The molecule has 2 atom stereocenters. The predicted octanol–water partition coefficient (Wildman–Crippen LogP) is 0.864. The van der Waals surface area contributed by atoms with E-state index in [4.69, 9.17) is 5.73 Å². The Kier molecular flexibility index (Phi) is 6.26. The third kappa shape index (κ3) is 4.61. The summed E-state index contributed by atoms with van der Waals surface area (Å²) in [6.45, 7) is 9.71. The molecule has 0 saturated carbocycles. The number of aromatic nitrogens is 1. The Morgan fingerprint density at radius 1 is 1.15 bits per heavy atom. The van der Waals surface area contributed by atoms with Gasteiger partial charge in [-0.3, -0.25) is 14.5 Å². The number of nitrogens with zero attached hydrogens (tertiary/aromatic N) is 4. The van der Waals surface area contributed by atoms with E-state index in [1.54, 1.807) is 5.38 Å². The van der Waals surface area contributed by atoms with Crippen molar-refractivity contribution in [3.05, 3.63) is 16.1 Å². The van der Waals surface area contributed by atoms with E-state index in [0.717, 1.165) is 31.2 Å². The maximum absolute atomic E-state index is 12.6. The second-order valence-electron chi connectivity index (χ2n) is 7.64. The van der Waals surface area contributed by atoms with Gasteiger partial charge >= 0.3 is 0 Å². The highest BCUT2D eigenvalue weighted by molar-refractivity contribution is 7.09. The van der Waals surface area contributed by atoms with E-state index in [9.17, 15) is 9.59 Å². The molecule has 8 heteroatoms. The number of piperidine rings is 1. The first kappa shape index (κ1) is 19.3. The number of hydrogen-bond donors (Lipinski definition) is 1. The molecule has 0 spiro atoms. The molecule has 26 heavy (non-hydrogen) atoms. The molecular weight excluding hydrogens is 350 g/mol. The molecule has 144 valence electrons. The number of rotatable bonds is 4. The van der Waals surface area contributed by atoms with Crippen molar-refractivity contribution in [3.8, 4) is 0 Å². The molecule has 1 aromatic heterocycles. The molecule has 3 heterocycles. The van der Waals surface area contributed by atoms with E-state index >= 15 is 0 Å². The summed E-state index contributed by atoms with van der Waals surface area (Å²) in [5, 5.41) is 2.56. The van der Waals surface area contributed by atoms with Gasteiger partial charge in [0.05, 0.1) is 6.54 Å². The normalized spacial score (nSPS) is 24.7. The zero-order valence-electron chi connectivity index (χ0n) is 15.7. The van der Waals surface area contributed by atoms with Gasteiger partial charge in [-0.15, -0.1) is 11.3 Å². The van der Waals surface area contributed by atoms with Gasteiger partial charge in [0.1, 0.15) is 10.7 Å². The second-order valence-corrected chi connectivity index (χ2v) is 8.59. The zero-order chi connectivity index (χ0) is 18.7. The quantitative estimate of drug-likeness (QED) is 0.839. The largest absolute Gasteiger partial charge is 0.341 e. The smallest absolute Gasteiger partial charge is 0.273 e. The predicted molar refractivity (Wildman–Crippen MR) is 102 cm³/mol. The molecule has 2 aliphatic rings. The zero-order valence-corrected chi connectivity index (χ0v) is 16.5. The van der Waals surface area contributed by atoms with Crippen LogP contribution in [-0.4, -0.2) is 77.3 Å². The minimum atomic E-state index is -0.0365. The maximum Gasteiger partial charge on any atom is 0.273 e. The molecule has 0 aromatic carbocycles. The van der Waals surface area contributed by atoms with Crippen LogP contribution in [0.25, 0.3) is 0 Å². The van der Waals surface area contributed by atoms with Gasteiger partial charge in [0.2, 0.25) is 5.91 Å². The summed E-state index contributed by atoms with van der Waals surface area (Å²) in [5.74, 6) is 1.34. The van der Waals surface area contributed by atoms with Gasteiger partial charge in [-0.2, -0.15) is 0 Å². The van der Waals surface area contributed by atoms with Crippen molar-refractivity contribution < 1.29 is 9.59 Å². The highest BCUT2D eigenvalue weighted by Crippen LogP contribution is 2.21. The van der Waals surface area contributed by atoms with Crippen molar-refractivity contribution in [1.82, 2.24) is 19.7 Å². The molecule has 2 N–H and O–H groups in total. The van der Waals surface area contributed by atoms with Gasteiger partial charge in [0, 0.05) is 51.2 Å². The highest BCUT2D eigenvalue weighted by atomic mass is 32.1. The first-order chi connectivity index (χ1) is 12.5. The Balaban J connectivity index is 1.47. The number of carbonyl (C=O) groups excluding carboxylic acids is 2. The number of thiazole rings is 1. The molecule has 0 aliphatic carbocycles. The third-order valence-electron chi connectivity index (χ3n) is 5.19. The van der Waals surface area contributed by atoms with Gasteiger partial charge < -0.3 is 15.5 Å². The lowest BCUT2D eigenvalue weighted by molar-refractivity contribution is -0.135. The van der Waals surface area contributed by atoms with Gasteiger partial charge in [-0.25, -0.2) is 4.98 Å². The van der Waals surface area contributed by atoms with Crippen molar-refractivity contribution in [2.24, 2.45) is 17.6 Å². The lowest BCUT2D eigenvalue weighted by atomic mass is 9.92. The molecule has 7 nitrogen and oxygen atoms in total. The van der Waals surface area contributed by atoms with E-state index in [0.29, 0.717) is 43.7 Å². The summed E-state index contributed by atoms with van der Waals surface area (Å²) in [6.07, 6.45) is 1.20. The molecule has 0 radical (unpaired) electrons. The fourth-order valence-corrected chi connectivity index (χ4v) is 4.58. The van der Waals surface area contributed by atoms with Crippen LogP contribution in [0, 0.1) is 11.8 Å². The summed E-state index contributed by atoms with van der Waals surface area (Å²) < 4.78 is 0. The molecule has 0 bridgehead atoms.